The minimum absolute atomic E-state index is 0.626. The molecule has 474 valence electrons. The molecule has 22 rings (SSSR count). The highest BCUT2D eigenvalue weighted by atomic mass is 16.3. The van der Waals surface area contributed by atoms with Gasteiger partial charge in [0.05, 0.1) is 55.3 Å². The van der Waals surface area contributed by atoms with Crippen molar-refractivity contribution in [2.45, 2.75) is 0 Å². The van der Waals surface area contributed by atoms with Gasteiger partial charge in [-0.15, -0.1) is 0 Å². The molecule has 0 bridgehead atoms. The third kappa shape index (κ3) is 9.10. The van der Waals surface area contributed by atoms with Crippen LogP contribution in [0.1, 0.15) is 0 Å². The molecule has 102 heavy (non-hydrogen) atoms. The summed E-state index contributed by atoms with van der Waals surface area (Å²) in [5.41, 5.74) is 20.5. The van der Waals surface area contributed by atoms with Crippen LogP contribution in [0.15, 0.2) is 349 Å². The monoisotopic (exact) mass is 1300 g/mol. The minimum atomic E-state index is 0.626. The molecule has 0 aliphatic rings. The van der Waals surface area contributed by atoms with Crippen molar-refractivity contribution in [2.24, 2.45) is 0 Å². The van der Waals surface area contributed by atoms with E-state index in [-0.39, 0.29) is 0 Å². The second-order valence-electron chi connectivity index (χ2n) is 26.3. The Labute approximate surface area is 583 Å². The van der Waals surface area contributed by atoms with Crippen molar-refractivity contribution in [1.82, 2.24) is 29.1 Å². The molecule has 0 radical (unpaired) electrons. The largest absolute Gasteiger partial charge is 0.455 e. The zero-order chi connectivity index (χ0) is 66.9. The van der Waals surface area contributed by atoms with Crippen LogP contribution in [-0.2, 0) is 0 Å². The number of para-hydroxylation sites is 4. The molecule has 0 saturated heterocycles. The molecule has 0 saturated carbocycles. The number of nitrogens with zero attached hydrogens (tertiary/aromatic N) is 6. The van der Waals surface area contributed by atoms with E-state index < -0.39 is 0 Å². The molecule has 22 aromatic rings. The number of benzene rings is 16. The zero-order valence-corrected chi connectivity index (χ0v) is 54.8. The van der Waals surface area contributed by atoms with Crippen LogP contribution in [0, 0.1) is 0 Å². The fourth-order valence-electron chi connectivity index (χ4n) is 15.8. The second-order valence-corrected chi connectivity index (χ2v) is 26.3. The maximum absolute atomic E-state index is 6.80. The summed E-state index contributed by atoms with van der Waals surface area (Å²) in [6.07, 6.45) is 0. The van der Waals surface area contributed by atoms with Gasteiger partial charge in [-0.3, -0.25) is 9.13 Å². The predicted octanol–water partition coefficient (Wildman–Crippen LogP) is 25.0. The first-order valence-electron chi connectivity index (χ1n) is 34.5. The summed E-state index contributed by atoms with van der Waals surface area (Å²) < 4.78 is 18.0. The molecule has 0 amide bonds. The standard InChI is InChI=1S/C48H29N3O.C46H27N3O/c1-3-11-30(12-4-1)32-19-21-33(22-20-32)46-37-15-7-9-17-40(37)49-48(50-46)51-41-18-10-8-16-38(41)45-42(51)27-26-39-44-36-25-23-34(31-13-5-2-6-14-31)29-35(36)24-28-43(44)52-47(39)45;1-2-10-28(11-3-1)31-20-22-34-32(26-31)21-25-41-42(34)37-23-24-40-43(45(37)50-41)36-15-7-9-17-39(36)49(40)46-47-38-16-8-6-14-35(38)44(48-46)33-19-18-29-12-4-5-13-30(29)27-33/h1-29H;1-27H. The van der Waals surface area contributed by atoms with E-state index in [0.29, 0.717) is 11.9 Å². The highest BCUT2D eigenvalue weighted by Gasteiger charge is 2.25. The Balaban J connectivity index is 0.000000133. The van der Waals surface area contributed by atoms with Gasteiger partial charge in [-0.2, -0.15) is 0 Å². The van der Waals surface area contributed by atoms with Crippen molar-refractivity contribution in [2.75, 3.05) is 0 Å². The molecule has 0 unspecified atom stereocenters. The Morgan fingerprint density at radius 1 is 0.206 bits per heavy atom. The third-order valence-corrected chi connectivity index (χ3v) is 20.6. The Morgan fingerprint density at radius 3 is 1.08 bits per heavy atom. The summed E-state index contributed by atoms with van der Waals surface area (Å²) in [5, 5.41) is 18.0. The first-order chi connectivity index (χ1) is 50.6. The van der Waals surface area contributed by atoms with Crippen LogP contribution >= 0.6 is 0 Å². The first-order valence-corrected chi connectivity index (χ1v) is 34.5. The lowest BCUT2D eigenvalue weighted by atomic mass is 9.98. The Kier molecular flexibility index (Phi) is 12.9. The van der Waals surface area contributed by atoms with Crippen LogP contribution < -0.4 is 0 Å². The molecule has 6 heterocycles. The van der Waals surface area contributed by atoms with Gasteiger partial charge in [0.2, 0.25) is 11.9 Å². The number of fused-ring (bicyclic) bond motifs is 21. The lowest BCUT2D eigenvalue weighted by Crippen LogP contribution is -2.03. The van der Waals surface area contributed by atoms with Gasteiger partial charge in [-0.05, 0) is 145 Å². The summed E-state index contributed by atoms with van der Waals surface area (Å²) in [4.78, 5) is 21.0. The summed E-state index contributed by atoms with van der Waals surface area (Å²) in [5.74, 6) is 1.26. The van der Waals surface area contributed by atoms with Crippen molar-refractivity contribution < 1.29 is 8.83 Å². The quantitative estimate of drug-likeness (QED) is 0.158. The minimum Gasteiger partial charge on any atom is -0.455 e. The molecule has 0 atom stereocenters. The summed E-state index contributed by atoms with van der Waals surface area (Å²) >= 11 is 0. The fourth-order valence-corrected chi connectivity index (χ4v) is 15.8. The number of furan rings is 2. The Hall–Kier alpha value is -13.8. The number of rotatable bonds is 7. The number of hydrogen-bond acceptors (Lipinski definition) is 6. The normalized spacial score (nSPS) is 11.9. The van der Waals surface area contributed by atoms with Crippen molar-refractivity contribution in [1.29, 1.82) is 0 Å². The number of hydrogen-bond donors (Lipinski definition) is 0. The van der Waals surface area contributed by atoms with Gasteiger partial charge in [0.1, 0.15) is 22.3 Å². The SMILES string of the molecule is c1ccc(-c2ccc(-c3nc(-n4c5ccccc5c5c6oc7ccc8cc(-c9ccccc9)ccc8c7c6ccc54)nc4ccccc34)cc2)cc1.c1ccc(-c2ccc3c(ccc4oc5c(ccc6c5c5ccccc5n6-c5nc(-c6ccc7ccccc7c6)c6ccccc6n5)c43)c2)cc1. The third-order valence-electron chi connectivity index (χ3n) is 20.6. The Morgan fingerprint density at radius 2 is 0.569 bits per heavy atom. The maximum Gasteiger partial charge on any atom is 0.235 e. The molecule has 8 heteroatoms. The van der Waals surface area contributed by atoms with Gasteiger partial charge < -0.3 is 8.83 Å². The molecule has 0 fully saturated rings. The summed E-state index contributed by atoms with van der Waals surface area (Å²) in [6.45, 7) is 0. The lowest BCUT2D eigenvalue weighted by molar-refractivity contribution is 0.673. The summed E-state index contributed by atoms with van der Waals surface area (Å²) in [6, 6.07) is 120. The average Bonchev–Trinajstić information content (AvgIpc) is 1.56. The van der Waals surface area contributed by atoms with Gasteiger partial charge >= 0.3 is 0 Å². The van der Waals surface area contributed by atoms with Gasteiger partial charge in [0.15, 0.2) is 0 Å². The molecule has 8 nitrogen and oxygen atoms in total. The maximum atomic E-state index is 6.80. The first kappa shape index (κ1) is 57.3. The highest BCUT2D eigenvalue weighted by Crippen LogP contribution is 2.46. The van der Waals surface area contributed by atoms with Crippen LogP contribution in [0.25, 0.3) is 209 Å². The van der Waals surface area contributed by atoms with Crippen LogP contribution in [-0.4, -0.2) is 29.1 Å². The van der Waals surface area contributed by atoms with Gasteiger partial charge in [0, 0.05) is 54.2 Å². The van der Waals surface area contributed by atoms with E-state index in [1.54, 1.807) is 0 Å². The molecule has 6 aromatic heterocycles. The van der Waals surface area contributed by atoms with E-state index in [4.69, 9.17) is 28.8 Å². The molecule has 0 aliphatic heterocycles. The average molecular weight is 1300 g/mol. The van der Waals surface area contributed by atoms with Crippen molar-refractivity contribution >= 4 is 142 Å². The topological polar surface area (TPSA) is 87.7 Å². The molecule has 0 spiro atoms. The van der Waals surface area contributed by atoms with E-state index in [0.717, 1.165) is 132 Å². The van der Waals surface area contributed by atoms with E-state index in [1.165, 1.54) is 65.7 Å². The summed E-state index contributed by atoms with van der Waals surface area (Å²) in [7, 11) is 0. The van der Waals surface area contributed by atoms with Crippen molar-refractivity contribution in [3.8, 4) is 67.8 Å². The van der Waals surface area contributed by atoms with E-state index in [2.05, 4.69) is 331 Å². The molecular formula is C94H56N6O2. The Bertz CT molecular complexity index is 7170. The fraction of sp³-hybridized carbons (Fsp3) is 0. The number of aromatic nitrogens is 6. The smallest absolute Gasteiger partial charge is 0.235 e. The second kappa shape index (κ2) is 22.9. The van der Waals surface area contributed by atoms with Crippen molar-refractivity contribution in [3.63, 3.8) is 0 Å². The molecule has 0 N–H and O–H groups in total. The highest BCUT2D eigenvalue weighted by molar-refractivity contribution is 6.29. The van der Waals surface area contributed by atoms with Gasteiger partial charge in [-0.1, -0.05) is 261 Å². The van der Waals surface area contributed by atoms with Crippen LogP contribution in [0.2, 0.25) is 0 Å². The van der Waals surface area contributed by atoms with Gasteiger partial charge in [-0.25, -0.2) is 19.9 Å². The zero-order valence-electron chi connectivity index (χ0n) is 54.8. The molecule has 16 aromatic carbocycles. The van der Waals surface area contributed by atoms with Gasteiger partial charge in [0.25, 0.3) is 0 Å². The van der Waals surface area contributed by atoms with E-state index in [1.807, 2.05) is 18.2 Å². The molecule has 0 aliphatic carbocycles. The van der Waals surface area contributed by atoms with Crippen LogP contribution in [0.3, 0.4) is 0 Å². The predicted molar refractivity (Wildman–Crippen MR) is 422 cm³/mol. The molecular weight excluding hydrogens is 1250 g/mol. The van der Waals surface area contributed by atoms with E-state index >= 15 is 0 Å². The van der Waals surface area contributed by atoms with Crippen LogP contribution in [0.5, 0.6) is 0 Å². The van der Waals surface area contributed by atoms with Crippen LogP contribution in [0.4, 0.5) is 0 Å². The van der Waals surface area contributed by atoms with Crippen molar-refractivity contribution in [3.05, 3.63) is 340 Å². The van der Waals surface area contributed by atoms with E-state index in [9.17, 15) is 0 Å². The lowest BCUT2D eigenvalue weighted by Gasteiger charge is -2.12.